The SMILES string of the molecule is COc1ccc(OC)c(C=C2Oc3cc(OCc4c(F)c(F)c(F)c(F)c4F)ccc3C2=O)c1. The molecule has 176 valence electrons. The Kier molecular flexibility index (Phi) is 6.14. The number of Topliss-reactive ketones (excluding diaryl/α,β-unsaturated/α-hetero) is 1. The Balaban J connectivity index is 1.58. The van der Waals surface area contributed by atoms with Gasteiger partial charge in [-0.1, -0.05) is 0 Å². The summed E-state index contributed by atoms with van der Waals surface area (Å²) in [5, 5.41) is 0. The van der Waals surface area contributed by atoms with Gasteiger partial charge in [-0.25, -0.2) is 22.0 Å². The second-order valence-corrected chi connectivity index (χ2v) is 7.04. The van der Waals surface area contributed by atoms with Crippen molar-refractivity contribution in [3.63, 3.8) is 0 Å². The Hall–Kier alpha value is -4.08. The first-order valence-corrected chi connectivity index (χ1v) is 9.68. The second-order valence-electron chi connectivity index (χ2n) is 7.04. The number of carbonyl (C=O) groups is 1. The van der Waals surface area contributed by atoms with Gasteiger partial charge in [0.25, 0.3) is 0 Å². The average Bonchev–Trinajstić information content (AvgIpc) is 3.15. The van der Waals surface area contributed by atoms with Crippen LogP contribution in [-0.2, 0) is 6.61 Å². The number of methoxy groups -OCH3 is 2. The second kappa shape index (κ2) is 9.05. The molecule has 4 rings (SSSR count). The van der Waals surface area contributed by atoms with Crippen molar-refractivity contribution in [2.45, 2.75) is 6.61 Å². The van der Waals surface area contributed by atoms with E-state index >= 15 is 0 Å². The first-order valence-electron chi connectivity index (χ1n) is 9.68. The van der Waals surface area contributed by atoms with E-state index in [-0.39, 0.29) is 22.8 Å². The molecule has 0 N–H and O–H groups in total. The zero-order chi connectivity index (χ0) is 24.6. The third kappa shape index (κ3) is 4.02. The fraction of sp³-hybridized carbons (Fsp3) is 0.125. The van der Waals surface area contributed by atoms with Gasteiger partial charge in [0, 0.05) is 11.6 Å². The molecule has 1 heterocycles. The predicted molar refractivity (Wildman–Crippen MR) is 109 cm³/mol. The Labute approximate surface area is 189 Å². The summed E-state index contributed by atoms with van der Waals surface area (Å²) in [5.74, 6) is -9.76. The van der Waals surface area contributed by atoms with E-state index in [9.17, 15) is 26.7 Å². The molecule has 0 radical (unpaired) electrons. The summed E-state index contributed by atoms with van der Waals surface area (Å²) in [5.41, 5.74) is -0.419. The molecule has 0 saturated heterocycles. The van der Waals surface area contributed by atoms with Crippen LogP contribution in [-0.4, -0.2) is 20.0 Å². The molecule has 0 atom stereocenters. The maximum absolute atomic E-state index is 13.9. The number of benzene rings is 3. The molecule has 0 spiro atoms. The maximum Gasteiger partial charge on any atom is 0.231 e. The molecule has 5 nitrogen and oxygen atoms in total. The lowest BCUT2D eigenvalue weighted by Crippen LogP contribution is -2.09. The van der Waals surface area contributed by atoms with Crippen molar-refractivity contribution in [2.24, 2.45) is 0 Å². The summed E-state index contributed by atoms with van der Waals surface area (Å²) in [4.78, 5) is 12.7. The molecule has 1 aliphatic rings. The van der Waals surface area contributed by atoms with Gasteiger partial charge in [-0.3, -0.25) is 4.79 Å². The third-order valence-electron chi connectivity index (χ3n) is 5.05. The summed E-state index contributed by atoms with van der Waals surface area (Å²) in [6.45, 7) is -0.942. The summed E-state index contributed by atoms with van der Waals surface area (Å²) in [6.07, 6.45) is 1.46. The van der Waals surface area contributed by atoms with Crippen LogP contribution >= 0.6 is 0 Å². The standard InChI is InChI=1S/C24H15F5O5/c1-31-12-4-6-16(32-2)11(7-12)8-18-24(30)14-5-3-13(9-17(14)34-18)33-10-15-19(25)21(27)23(29)22(28)20(15)26/h3-9H,10H2,1-2H3. The van der Waals surface area contributed by atoms with Crippen LogP contribution in [0, 0.1) is 29.1 Å². The van der Waals surface area contributed by atoms with Crippen LogP contribution in [0.25, 0.3) is 6.08 Å². The topological polar surface area (TPSA) is 54.0 Å². The van der Waals surface area contributed by atoms with E-state index in [0.29, 0.717) is 17.1 Å². The molecule has 0 unspecified atom stereocenters. The van der Waals surface area contributed by atoms with Gasteiger partial charge in [-0.15, -0.1) is 0 Å². The number of halogens is 5. The third-order valence-corrected chi connectivity index (χ3v) is 5.05. The molecule has 0 saturated carbocycles. The number of ether oxygens (including phenoxy) is 4. The Morgan fingerprint density at radius 2 is 1.47 bits per heavy atom. The highest BCUT2D eigenvalue weighted by Crippen LogP contribution is 2.36. The van der Waals surface area contributed by atoms with Crippen molar-refractivity contribution in [1.29, 1.82) is 0 Å². The molecule has 0 aromatic heterocycles. The largest absolute Gasteiger partial charge is 0.497 e. The van der Waals surface area contributed by atoms with Crippen LogP contribution in [0.2, 0.25) is 0 Å². The molecule has 3 aromatic carbocycles. The molecular weight excluding hydrogens is 463 g/mol. The highest BCUT2D eigenvalue weighted by Gasteiger charge is 2.29. The summed E-state index contributed by atoms with van der Waals surface area (Å²) in [7, 11) is 2.95. The van der Waals surface area contributed by atoms with E-state index < -0.39 is 47.0 Å². The Morgan fingerprint density at radius 1 is 0.824 bits per heavy atom. The van der Waals surface area contributed by atoms with Gasteiger partial charge in [-0.05, 0) is 36.4 Å². The summed E-state index contributed by atoms with van der Waals surface area (Å²) < 4.78 is 88.9. The van der Waals surface area contributed by atoms with Crippen molar-refractivity contribution in [3.05, 3.63) is 87.9 Å². The van der Waals surface area contributed by atoms with Crippen LogP contribution in [0.3, 0.4) is 0 Å². The zero-order valence-corrected chi connectivity index (χ0v) is 17.7. The van der Waals surface area contributed by atoms with E-state index in [0.717, 1.165) is 0 Å². The van der Waals surface area contributed by atoms with E-state index in [2.05, 4.69) is 0 Å². The number of hydrogen-bond acceptors (Lipinski definition) is 5. The number of rotatable bonds is 6. The van der Waals surface area contributed by atoms with Gasteiger partial charge < -0.3 is 18.9 Å². The molecule has 0 aliphatic carbocycles. The lowest BCUT2D eigenvalue weighted by molar-refractivity contribution is 0.101. The van der Waals surface area contributed by atoms with Gasteiger partial charge >= 0.3 is 0 Å². The normalized spacial score (nSPS) is 13.6. The van der Waals surface area contributed by atoms with Crippen LogP contribution in [0.1, 0.15) is 21.5 Å². The highest BCUT2D eigenvalue weighted by molar-refractivity contribution is 6.14. The molecule has 34 heavy (non-hydrogen) atoms. The van der Waals surface area contributed by atoms with E-state index in [1.807, 2.05) is 0 Å². The van der Waals surface area contributed by atoms with Gasteiger partial charge in [0.05, 0.1) is 25.3 Å². The van der Waals surface area contributed by atoms with Crippen molar-refractivity contribution < 1.29 is 45.7 Å². The molecule has 1 aliphatic heterocycles. The Bertz CT molecular complexity index is 1310. The number of allylic oxidation sites excluding steroid dienone is 1. The van der Waals surface area contributed by atoms with Crippen molar-refractivity contribution >= 4 is 11.9 Å². The summed E-state index contributed by atoms with van der Waals surface area (Å²) in [6, 6.07) is 8.91. The van der Waals surface area contributed by atoms with Crippen molar-refractivity contribution in [3.8, 4) is 23.0 Å². The van der Waals surface area contributed by atoms with Crippen molar-refractivity contribution in [1.82, 2.24) is 0 Å². The van der Waals surface area contributed by atoms with Crippen LogP contribution in [0.5, 0.6) is 23.0 Å². The van der Waals surface area contributed by atoms with E-state index in [1.54, 1.807) is 18.2 Å². The molecule has 10 heteroatoms. The number of carbonyl (C=O) groups excluding carboxylic acids is 1. The van der Waals surface area contributed by atoms with Crippen molar-refractivity contribution in [2.75, 3.05) is 14.2 Å². The average molecular weight is 478 g/mol. The van der Waals surface area contributed by atoms with Gasteiger partial charge in [0.15, 0.2) is 29.0 Å². The minimum Gasteiger partial charge on any atom is -0.497 e. The smallest absolute Gasteiger partial charge is 0.231 e. The quantitative estimate of drug-likeness (QED) is 0.200. The first-order chi connectivity index (χ1) is 16.2. The van der Waals surface area contributed by atoms with Gasteiger partial charge in [0.1, 0.15) is 29.6 Å². The van der Waals surface area contributed by atoms with Gasteiger partial charge in [-0.2, -0.15) is 0 Å². The fourth-order valence-electron chi connectivity index (χ4n) is 3.28. The Morgan fingerprint density at radius 3 is 2.12 bits per heavy atom. The lowest BCUT2D eigenvalue weighted by Gasteiger charge is -2.10. The maximum atomic E-state index is 13.9. The zero-order valence-electron chi connectivity index (χ0n) is 17.7. The summed E-state index contributed by atoms with van der Waals surface area (Å²) >= 11 is 0. The van der Waals surface area contributed by atoms with Crippen LogP contribution in [0.15, 0.2) is 42.2 Å². The number of ketones is 1. The highest BCUT2D eigenvalue weighted by atomic mass is 19.2. The minimum absolute atomic E-state index is 0.0179. The molecule has 3 aromatic rings. The van der Waals surface area contributed by atoms with Crippen LogP contribution in [0.4, 0.5) is 22.0 Å². The molecule has 0 amide bonds. The lowest BCUT2D eigenvalue weighted by atomic mass is 10.1. The molecule has 0 fully saturated rings. The first kappa shape index (κ1) is 23.1. The number of fused-ring (bicyclic) bond motifs is 1. The van der Waals surface area contributed by atoms with Crippen LogP contribution < -0.4 is 18.9 Å². The fourth-order valence-corrected chi connectivity index (χ4v) is 3.28. The molecule has 0 bridgehead atoms. The predicted octanol–water partition coefficient (Wildman–Crippen LogP) is 5.59. The van der Waals surface area contributed by atoms with E-state index in [1.165, 1.54) is 38.5 Å². The molecular formula is C24H15F5O5. The van der Waals surface area contributed by atoms with E-state index in [4.69, 9.17) is 18.9 Å². The number of hydrogen-bond donors (Lipinski definition) is 0. The minimum atomic E-state index is -2.25. The monoisotopic (exact) mass is 478 g/mol. The van der Waals surface area contributed by atoms with Gasteiger partial charge in [0.2, 0.25) is 11.6 Å².